The first-order valence-corrected chi connectivity index (χ1v) is 2.51. The molecule has 0 saturated carbocycles. The summed E-state index contributed by atoms with van der Waals surface area (Å²) < 4.78 is 0. The summed E-state index contributed by atoms with van der Waals surface area (Å²) in [7, 11) is 0. The maximum Gasteiger partial charge on any atom is 0.110 e. The van der Waals surface area contributed by atoms with Crippen LogP contribution in [0.1, 0.15) is 6.92 Å². The molecule has 1 unspecified atom stereocenters. The van der Waals surface area contributed by atoms with Gasteiger partial charge in [0, 0.05) is 6.21 Å². The summed E-state index contributed by atoms with van der Waals surface area (Å²) in [6.07, 6.45) is 3.55. The van der Waals surface area contributed by atoms with Crippen molar-refractivity contribution < 1.29 is 0 Å². The first-order chi connectivity index (χ1) is 3.79. The van der Waals surface area contributed by atoms with Crippen LogP contribution in [0, 0.1) is 0 Å². The number of rotatable bonds is 0. The lowest BCUT2D eigenvalue weighted by molar-refractivity contribution is 0.639. The van der Waals surface area contributed by atoms with E-state index in [1.165, 1.54) is 0 Å². The second kappa shape index (κ2) is 1.96. The van der Waals surface area contributed by atoms with Crippen molar-refractivity contribution in [3.05, 3.63) is 11.6 Å². The fourth-order valence-electron chi connectivity index (χ4n) is 0.589. The molecule has 8 heavy (non-hydrogen) atoms. The largest absolute Gasteiger partial charge is 0.307 e. The van der Waals surface area contributed by atoms with Gasteiger partial charge < -0.3 is 5.73 Å². The zero-order valence-electron chi connectivity index (χ0n) is 4.76. The van der Waals surface area contributed by atoms with E-state index < -0.39 is 0 Å². The Bertz CT molecular complexity index is 137. The Hall–Kier alpha value is -0.830. The monoisotopic (exact) mass is 111 g/mol. The fourth-order valence-corrected chi connectivity index (χ4v) is 0.589. The lowest BCUT2D eigenvalue weighted by Crippen LogP contribution is -2.33. The molecule has 1 heterocycles. The van der Waals surface area contributed by atoms with Gasteiger partial charge in [-0.15, -0.1) is 0 Å². The van der Waals surface area contributed by atoms with E-state index in [0.717, 1.165) is 5.57 Å². The van der Waals surface area contributed by atoms with E-state index in [1.54, 1.807) is 6.21 Å². The molecular formula is C5H9N3. The zero-order chi connectivity index (χ0) is 5.98. The minimum absolute atomic E-state index is 0.0972. The number of nitrogens with one attached hydrogen (secondary N) is 1. The summed E-state index contributed by atoms with van der Waals surface area (Å²) in [6, 6.07) is 0. The lowest BCUT2D eigenvalue weighted by Gasteiger charge is -2.09. The van der Waals surface area contributed by atoms with E-state index >= 15 is 0 Å². The van der Waals surface area contributed by atoms with Crippen LogP contribution in [0.15, 0.2) is 16.8 Å². The first-order valence-electron chi connectivity index (χ1n) is 2.51. The highest BCUT2D eigenvalue weighted by molar-refractivity contribution is 5.78. The second-order valence-corrected chi connectivity index (χ2v) is 1.82. The van der Waals surface area contributed by atoms with Crippen molar-refractivity contribution in [1.29, 1.82) is 0 Å². The van der Waals surface area contributed by atoms with Crippen molar-refractivity contribution in [2.75, 3.05) is 0 Å². The normalized spacial score (nSPS) is 26.8. The molecule has 0 amide bonds. The quantitative estimate of drug-likeness (QED) is 0.455. The zero-order valence-corrected chi connectivity index (χ0v) is 4.76. The van der Waals surface area contributed by atoms with Gasteiger partial charge in [-0.05, 0) is 18.6 Å². The van der Waals surface area contributed by atoms with Gasteiger partial charge in [-0.25, -0.2) is 0 Å². The van der Waals surface area contributed by atoms with Gasteiger partial charge in [0.1, 0.15) is 6.17 Å². The second-order valence-electron chi connectivity index (χ2n) is 1.82. The Morgan fingerprint density at radius 2 is 2.62 bits per heavy atom. The Labute approximate surface area is 48.3 Å². The van der Waals surface area contributed by atoms with Gasteiger partial charge in [-0.3, -0.25) is 5.43 Å². The number of nitrogens with zero attached hydrogens (tertiary/aromatic N) is 1. The van der Waals surface area contributed by atoms with Gasteiger partial charge in [0.2, 0.25) is 0 Å². The molecule has 1 aliphatic heterocycles. The standard InChI is InChI=1S/C5H9N3/c1-4-2-5(6)8-7-3-4/h2-3,5,8H,6H2,1H3. The van der Waals surface area contributed by atoms with Crippen LogP contribution in [0.3, 0.4) is 0 Å². The molecule has 0 bridgehead atoms. The number of allylic oxidation sites excluding steroid dienone is 1. The third kappa shape index (κ3) is 1.07. The molecule has 1 rings (SSSR count). The average Bonchev–Trinajstić information content (AvgIpc) is 1.64. The minimum atomic E-state index is -0.0972. The summed E-state index contributed by atoms with van der Waals surface area (Å²) in [5, 5.41) is 3.77. The van der Waals surface area contributed by atoms with E-state index in [2.05, 4.69) is 10.5 Å². The van der Waals surface area contributed by atoms with Crippen LogP contribution in [0.25, 0.3) is 0 Å². The molecule has 0 fully saturated rings. The van der Waals surface area contributed by atoms with Crippen LogP contribution >= 0.6 is 0 Å². The SMILES string of the molecule is CC1=CC(N)NN=C1. The summed E-state index contributed by atoms with van der Waals surface area (Å²) in [4.78, 5) is 0. The maximum absolute atomic E-state index is 5.42. The highest BCUT2D eigenvalue weighted by Crippen LogP contribution is 1.92. The number of hydrogen-bond acceptors (Lipinski definition) is 3. The fraction of sp³-hybridized carbons (Fsp3) is 0.400. The molecule has 0 radical (unpaired) electrons. The molecule has 44 valence electrons. The van der Waals surface area contributed by atoms with Crippen molar-refractivity contribution in [3.63, 3.8) is 0 Å². The first kappa shape index (κ1) is 5.31. The number of hydrazone groups is 1. The molecule has 0 aromatic carbocycles. The third-order valence-corrected chi connectivity index (χ3v) is 0.934. The van der Waals surface area contributed by atoms with Crippen LogP contribution in [0.4, 0.5) is 0 Å². The predicted octanol–water partition coefficient (Wildman–Crippen LogP) is -0.193. The molecular weight excluding hydrogens is 102 g/mol. The van der Waals surface area contributed by atoms with Gasteiger partial charge in [-0.2, -0.15) is 5.10 Å². The minimum Gasteiger partial charge on any atom is -0.307 e. The van der Waals surface area contributed by atoms with Gasteiger partial charge in [0.15, 0.2) is 0 Å². The topological polar surface area (TPSA) is 50.4 Å². The summed E-state index contributed by atoms with van der Waals surface area (Å²) in [6.45, 7) is 1.96. The van der Waals surface area contributed by atoms with Crippen molar-refractivity contribution in [2.24, 2.45) is 10.8 Å². The number of nitrogens with two attached hydrogens (primary N) is 1. The van der Waals surface area contributed by atoms with Crippen molar-refractivity contribution in [1.82, 2.24) is 5.43 Å². The van der Waals surface area contributed by atoms with E-state index in [1.807, 2.05) is 13.0 Å². The molecule has 3 N–H and O–H groups in total. The van der Waals surface area contributed by atoms with E-state index in [-0.39, 0.29) is 6.17 Å². The highest BCUT2D eigenvalue weighted by Gasteiger charge is 1.97. The highest BCUT2D eigenvalue weighted by atomic mass is 15.3. The summed E-state index contributed by atoms with van der Waals surface area (Å²) in [5.41, 5.74) is 9.21. The van der Waals surface area contributed by atoms with E-state index in [0.29, 0.717) is 0 Å². The predicted molar refractivity (Wildman–Crippen MR) is 33.4 cm³/mol. The van der Waals surface area contributed by atoms with E-state index in [4.69, 9.17) is 5.73 Å². The molecule has 0 aromatic heterocycles. The Balaban J connectivity index is 2.63. The molecule has 1 atom stereocenters. The molecule has 1 aliphatic rings. The van der Waals surface area contributed by atoms with Crippen LogP contribution in [-0.2, 0) is 0 Å². The molecule has 0 aliphatic carbocycles. The molecule has 3 nitrogen and oxygen atoms in total. The van der Waals surface area contributed by atoms with Crippen molar-refractivity contribution in [2.45, 2.75) is 13.1 Å². The van der Waals surface area contributed by atoms with Crippen molar-refractivity contribution in [3.8, 4) is 0 Å². The Kier molecular flexibility index (Phi) is 1.30. The van der Waals surface area contributed by atoms with Gasteiger partial charge in [-0.1, -0.05) is 0 Å². The Morgan fingerprint density at radius 3 is 3.00 bits per heavy atom. The van der Waals surface area contributed by atoms with Gasteiger partial charge in [0.25, 0.3) is 0 Å². The third-order valence-electron chi connectivity index (χ3n) is 0.934. The molecule has 0 spiro atoms. The lowest BCUT2D eigenvalue weighted by atomic mass is 10.2. The number of hydrogen-bond donors (Lipinski definition) is 2. The van der Waals surface area contributed by atoms with Gasteiger partial charge in [0.05, 0.1) is 0 Å². The molecule has 3 heteroatoms. The van der Waals surface area contributed by atoms with Crippen LogP contribution < -0.4 is 11.2 Å². The summed E-state index contributed by atoms with van der Waals surface area (Å²) >= 11 is 0. The molecule has 0 saturated heterocycles. The van der Waals surface area contributed by atoms with E-state index in [9.17, 15) is 0 Å². The van der Waals surface area contributed by atoms with Crippen molar-refractivity contribution >= 4 is 6.21 Å². The Morgan fingerprint density at radius 1 is 1.88 bits per heavy atom. The van der Waals surface area contributed by atoms with Gasteiger partial charge >= 0.3 is 0 Å². The molecule has 0 aromatic rings. The maximum atomic E-state index is 5.42. The smallest absolute Gasteiger partial charge is 0.110 e. The van der Waals surface area contributed by atoms with Crippen LogP contribution in [-0.4, -0.2) is 12.4 Å². The average molecular weight is 111 g/mol. The summed E-state index contributed by atoms with van der Waals surface area (Å²) in [5.74, 6) is 0. The van der Waals surface area contributed by atoms with Crippen LogP contribution in [0.2, 0.25) is 0 Å². The van der Waals surface area contributed by atoms with Crippen LogP contribution in [0.5, 0.6) is 0 Å².